The van der Waals surface area contributed by atoms with Gasteiger partial charge in [-0.15, -0.1) is 0 Å². The second kappa shape index (κ2) is 4.16. The molecular formula is C9H11F2N. The lowest BCUT2D eigenvalue weighted by Gasteiger charge is -2.00. The highest BCUT2D eigenvalue weighted by atomic mass is 19.1. The molecule has 0 atom stereocenters. The van der Waals surface area contributed by atoms with E-state index in [4.69, 9.17) is 0 Å². The van der Waals surface area contributed by atoms with Crippen LogP contribution < -0.4 is 5.32 Å². The van der Waals surface area contributed by atoms with Gasteiger partial charge in [-0.1, -0.05) is 0 Å². The lowest BCUT2D eigenvalue weighted by molar-refractivity contribution is 0.579. The number of benzene rings is 1. The predicted octanol–water partition coefficient (Wildman–Crippen LogP) is 1.73. The number of nitrogens with one attached hydrogen (secondary N) is 1. The Morgan fingerprint density at radius 3 is 2.25 bits per heavy atom. The van der Waals surface area contributed by atoms with Gasteiger partial charge in [0.25, 0.3) is 0 Å². The molecule has 1 rings (SSSR count). The van der Waals surface area contributed by atoms with Crippen molar-refractivity contribution < 1.29 is 8.78 Å². The Kier molecular flexibility index (Phi) is 3.17. The summed E-state index contributed by atoms with van der Waals surface area (Å²) in [5.41, 5.74) is 0.682. The molecule has 1 aromatic rings. The fourth-order valence-corrected chi connectivity index (χ4v) is 1.02. The van der Waals surface area contributed by atoms with Crippen LogP contribution in [0.25, 0.3) is 0 Å². The molecule has 1 aromatic carbocycles. The molecular weight excluding hydrogens is 160 g/mol. The average molecular weight is 171 g/mol. The Morgan fingerprint density at radius 1 is 1.17 bits per heavy atom. The molecule has 0 fully saturated rings. The van der Waals surface area contributed by atoms with Crippen molar-refractivity contribution >= 4 is 0 Å². The lowest BCUT2D eigenvalue weighted by atomic mass is 10.1. The second-order valence-corrected chi connectivity index (χ2v) is 2.63. The van der Waals surface area contributed by atoms with Gasteiger partial charge in [-0.2, -0.15) is 0 Å². The van der Waals surface area contributed by atoms with Crippen LogP contribution in [0.4, 0.5) is 8.78 Å². The van der Waals surface area contributed by atoms with Crippen molar-refractivity contribution in [2.75, 3.05) is 13.6 Å². The summed E-state index contributed by atoms with van der Waals surface area (Å²) in [4.78, 5) is 0. The van der Waals surface area contributed by atoms with E-state index in [1.807, 2.05) is 0 Å². The van der Waals surface area contributed by atoms with Crippen molar-refractivity contribution in [2.45, 2.75) is 6.42 Å². The SMILES string of the molecule is CNCCc1cc(F)cc(F)c1. The minimum absolute atomic E-state index is 0.513. The maximum atomic E-state index is 12.6. The summed E-state index contributed by atoms with van der Waals surface area (Å²) in [5.74, 6) is -1.03. The molecule has 0 aliphatic rings. The van der Waals surface area contributed by atoms with Crippen LogP contribution >= 0.6 is 0 Å². The molecule has 0 saturated heterocycles. The van der Waals surface area contributed by atoms with Gasteiger partial charge in [0.2, 0.25) is 0 Å². The van der Waals surface area contributed by atoms with Gasteiger partial charge in [-0.05, 0) is 37.7 Å². The van der Waals surface area contributed by atoms with E-state index in [2.05, 4.69) is 5.32 Å². The molecule has 12 heavy (non-hydrogen) atoms. The molecule has 0 saturated carbocycles. The molecule has 0 aromatic heterocycles. The minimum Gasteiger partial charge on any atom is -0.319 e. The smallest absolute Gasteiger partial charge is 0.126 e. The number of rotatable bonds is 3. The molecule has 66 valence electrons. The normalized spacial score (nSPS) is 10.2. The van der Waals surface area contributed by atoms with Gasteiger partial charge >= 0.3 is 0 Å². The maximum absolute atomic E-state index is 12.6. The number of hydrogen-bond donors (Lipinski definition) is 1. The average Bonchev–Trinajstić information content (AvgIpc) is 1.99. The molecule has 1 nitrogen and oxygen atoms in total. The summed E-state index contributed by atoms with van der Waals surface area (Å²) < 4.78 is 25.2. The molecule has 0 bridgehead atoms. The van der Waals surface area contributed by atoms with E-state index >= 15 is 0 Å². The molecule has 0 aliphatic heterocycles. The largest absolute Gasteiger partial charge is 0.319 e. The van der Waals surface area contributed by atoms with Crippen molar-refractivity contribution in [1.82, 2.24) is 5.32 Å². The van der Waals surface area contributed by atoms with E-state index in [9.17, 15) is 8.78 Å². The third-order valence-electron chi connectivity index (χ3n) is 1.59. The van der Waals surface area contributed by atoms with E-state index in [0.29, 0.717) is 12.0 Å². The van der Waals surface area contributed by atoms with Crippen LogP contribution in [-0.2, 0) is 6.42 Å². The Labute approximate surface area is 70.4 Å². The number of halogens is 2. The standard InChI is InChI=1S/C9H11F2N/c1-12-3-2-7-4-8(10)6-9(11)5-7/h4-6,12H,2-3H2,1H3. The van der Waals surface area contributed by atoms with E-state index in [0.717, 1.165) is 12.6 Å². The van der Waals surface area contributed by atoms with Gasteiger partial charge in [-0.25, -0.2) is 8.78 Å². The van der Waals surface area contributed by atoms with Gasteiger partial charge in [0.1, 0.15) is 11.6 Å². The van der Waals surface area contributed by atoms with Crippen molar-refractivity contribution in [3.63, 3.8) is 0 Å². The summed E-state index contributed by atoms with van der Waals surface area (Å²) in [6.07, 6.45) is 0.644. The summed E-state index contributed by atoms with van der Waals surface area (Å²) in [7, 11) is 1.80. The first-order valence-corrected chi connectivity index (χ1v) is 3.82. The molecule has 1 N–H and O–H groups in total. The Bertz CT molecular complexity index is 240. The fourth-order valence-electron chi connectivity index (χ4n) is 1.02. The van der Waals surface area contributed by atoms with Crippen molar-refractivity contribution in [2.24, 2.45) is 0 Å². The first kappa shape index (κ1) is 9.13. The van der Waals surface area contributed by atoms with Crippen LogP contribution in [0.5, 0.6) is 0 Å². The van der Waals surface area contributed by atoms with E-state index in [1.165, 1.54) is 12.1 Å². The summed E-state index contributed by atoms with van der Waals surface area (Å²) >= 11 is 0. The Morgan fingerprint density at radius 2 is 1.75 bits per heavy atom. The predicted molar refractivity (Wildman–Crippen MR) is 44.0 cm³/mol. The highest BCUT2D eigenvalue weighted by Gasteiger charge is 1.99. The summed E-state index contributed by atoms with van der Waals surface area (Å²) in [6, 6.07) is 3.57. The van der Waals surface area contributed by atoms with Crippen LogP contribution in [-0.4, -0.2) is 13.6 Å². The number of likely N-dealkylation sites (N-methyl/N-ethyl adjacent to an activating group) is 1. The van der Waals surface area contributed by atoms with Crippen LogP contribution in [0.15, 0.2) is 18.2 Å². The number of hydrogen-bond acceptors (Lipinski definition) is 1. The Balaban J connectivity index is 2.72. The fraction of sp³-hybridized carbons (Fsp3) is 0.333. The molecule has 0 aliphatic carbocycles. The highest BCUT2D eigenvalue weighted by molar-refractivity contribution is 5.18. The monoisotopic (exact) mass is 171 g/mol. The van der Waals surface area contributed by atoms with Crippen molar-refractivity contribution in [3.05, 3.63) is 35.4 Å². The van der Waals surface area contributed by atoms with Gasteiger partial charge < -0.3 is 5.32 Å². The summed E-state index contributed by atoms with van der Waals surface area (Å²) in [6.45, 7) is 0.725. The van der Waals surface area contributed by atoms with Crippen molar-refractivity contribution in [3.8, 4) is 0 Å². The van der Waals surface area contributed by atoms with Gasteiger partial charge in [0.15, 0.2) is 0 Å². The molecule has 3 heteroatoms. The first-order chi connectivity index (χ1) is 5.72. The van der Waals surface area contributed by atoms with Crippen LogP contribution in [0, 0.1) is 11.6 Å². The van der Waals surface area contributed by atoms with E-state index < -0.39 is 11.6 Å². The highest BCUT2D eigenvalue weighted by Crippen LogP contribution is 2.07. The van der Waals surface area contributed by atoms with Crippen molar-refractivity contribution in [1.29, 1.82) is 0 Å². The molecule has 0 amide bonds. The zero-order valence-corrected chi connectivity index (χ0v) is 6.90. The Hall–Kier alpha value is -0.960. The van der Waals surface area contributed by atoms with Gasteiger partial charge in [-0.3, -0.25) is 0 Å². The molecule has 0 heterocycles. The minimum atomic E-state index is -0.513. The third kappa shape index (κ3) is 2.58. The quantitative estimate of drug-likeness (QED) is 0.730. The molecule has 0 spiro atoms. The van der Waals surface area contributed by atoms with Crippen LogP contribution in [0.3, 0.4) is 0 Å². The zero-order chi connectivity index (χ0) is 8.97. The van der Waals surface area contributed by atoms with Crippen LogP contribution in [0.1, 0.15) is 5.56 Å². The van der Waals surface area contributed by atoms with Gasteiger partial charge in [0, 0.05) is 6.07 Å². The zero-order valence-electron chi connectivity index (χ0n) is 6.90. The van der Waals surface area contributed by atoms with E-state index in [-0.39, 0.29) is 0 Å². The maximum Gasteiger partial charge on any atom is 0.126 e. The third-order valence-corrected chi connectivity index (χ3v) is 1.59. The molecule has 0 unspecified atom stereocenters. The second-order valence-electron chi connectivity index (χ2n) is 2.63. The first-order valence-electron chi connectivity index (χ1n) is 3.82. The topological polar surface area (TPSA) is 12.0 Å². The van der Waals surface area contributed by atoms with E-state index in [1.54, 1.807) is 7.05 Å². The molecule has 0 radical (unpaired) electrons. The van der Waals surface area contributed by atoms with Crippen LogP contribution in [0.2, 0.25) is 0 Å². The van der Waals surface area contributed by atoms with Gasteiger partial charge in [0.05, 0.1) is 0 Å². The lowest BCUT2D eigenvalue weighted by Crippen LogP contribution is -2.10. The summed E-state index contributed by atoms with van der Waals surface area (Å²) in [5, 5.41) is 2.91.